The molecule has 0 aliphatic heterocycles. The quantitative estimate of drug-likeness (QED) is 0.279. The molecule has 0 saturated carbocycles. The van der Waals surface area contributed by atoms with Crippen LogP contribution in [0.1, 0.15) is 39.8 Å². The Kier molecular flexibility index (Phi) is 4.36. The Morgan fingerprint density at radius 1 is 1.65 bits per heavy atom. The van der Waals surface area contributed by atoms with E-state index < -0.39 is 12.0 Å². The van der Waals surface area contributed by atoms with Gasteiger partial charge >= 0.3 is 5.97 Å². The summed E-state index contributed by atoms with van der Waals surface area (Å²) in [4.78, 5) is 26.8. The van der Waals surface area contributed by atoms with Crippen LogP contribution in [-0.4, -0.2) is 30.7 Å². The average Bonchev–Trinajstić information content (AvgIpc) is 2.82. The smallest absolute Gasteiger partial charge is 0.374 e. The van der Waals surface area contributed by atoms with Gasteiger partial charge in [0.1, 0.15) is 6.04 Å². The highest BCUT2D eigenvalue weighted by Gasteiger charge is 2.36. The number of fused-ring (bicyclic) bond motifs is 1. The van der Waals surface area contributed by atoms with Crippen LogP contribution < -0.4 is 0 Å². The molecule has 106 valence electrons. The van der Waals surface area contributed by atoms with Gasteiger partial charge in [-0.25, -0.2) is 4.79 Å². The van der Waals surface area contributed by atoms with Crippen molar-refractivity contribution in [3.05, 3.63) is 27.3 Å². The molecule has 1 unspecified atom stereocenters. The van der Waals surface area contributed by atoms with Gasteiger partial charge in [0.25, 0.3) is 0 Å². The van der Waals surface area contributed by atoms with E-state index in [4.69, 9.17) is 14.7 Å². The number of rotatable bonds is 4. The molecule has 0 fully saturated rings. The third kappa shape index (κ3) is 2.39. The lowest BCUT2D eigenvalue weighted by molar-refractivity contribution is 0.0482. The first-order chi connectivity index (χ1) is 9.63. The minimum atomic E-state index is -0.731. The standard InChI is InChI=1S/C12H13N3O4S/c1-3-18-11(17)10-6-4-5-7(14-15-13)9(16)8(6)12(19-10)20-2/h7H,3-5H2,1-2H3. The van der Waals surface area contributed by atoms with E-state index in [1.165, 1.54) is 11.8 Å². The molecule has 1 heterocycles. The van der Waals surface area contributed by atoms with Crippen LogP contribution in [0.15, 0.2) is 14.6 Å². The van der Waals surface area contributed by atoms with E-state index in [1.807, 2.05) is 0 Å². The highest BCUT2D eigenvalue weighted by molar-refractivity contribution is 7.98. The van der Waals surface area contributed by atoms with Gasteiger partial charge in [0.05, 0.1) is 12.2 Å². The average molecular weight is 295 g/mol. The predicted octanol–water partition coefficient (Wildman–Crippen LogP) is 2.99. The third-order valence-electron chi connectivity index (χ3n) is 3.03. The number of hydrogen-bond acceptors (Lipinski definition) is 6. The van der Waals surface area contributed by atoms with Crippen LogP contribution in [0.2, 0.25) is 0 Å². The summed E-state index contributed by atoms with van der Waals surface area (Å²) in [6.45, 7) is 1.93. The van der Waals surface area contributed by atoms with E-state index in [0.717, 1.165) is 0 Å². The van der Waals surface area contributed by atoms with Gasteiger partial charge in [-0.05, 0) is 31.6 Å². The number of furan rings is 1. The second kappa shape index (κ2) is 6.02. The van der Waals surface area contributed by atoms with Gasteiger partial charge < -0.3 is 9.15 Å². The molecule has 8 heteroatoms. The van der Waals surface area contributed by atoms with Crippen molar-refractivity contribution in [2.24, 2.45) is 5.11 Å². The summed E-state index contributed by atoms with van der Waals surface area (Å²) in [5, 5.41) is 3.86. The molecule has 1 aromatic rings. The fraction of sp³-hybridized carbons (Fsp3) is 0.500. The lowest BCUT2D eigenvalue weighted by Gasteiger charge is -2.16. The Morgan fingerprint density at radius 3 is 3.00 bits per heavy atom. The number of nitrogens with zero attached hydrogens (tertiary/aromatic N) is 3. The lowest BCUT2D eigenvalue weighted by atomic mass is 9.89. The van der Waals surface area contributed by atoms with E-state index in [2.05, 4.69) is 10.0 Å². The van der Waals surface area contributed by atoms with E-state index in [0.29, 0.717) is 29.1 Å². The number of carbonyl (C=O) groups excluding carboxylic acids is 2. The van der Waals surface area contributed by atoms with Crippen LogP contribution >= 0.6 is 11.8 Å². The largest absolute Gasteiger partial charge is 0.460 e. The summed E-state index contributed by atoms with van der Waals surface area (Å²) in [5.74, 6) is -0.786. The summed E-state index contributed by atoms with van der Waals surface area (Å²) in [7, 11) is 0. The van der Waals surface area contributed by atoms with E-state index in [1.54, 1.807) is 13.2 Å². The number of azide groups is 1. The van der Waals surface area contributed by atoms with Crippen molar-refractivity contribution in [1.82, 2.24) is 0 Å². The fourth-order valence-electron chi connectivity index (χ4n) is 2.19. The van der Waals surface area contributed by atoms with Crippen LogP contribution in [0.5, 0.6) is 0 Å². The summed E-state index contributed by atoms with van der Waals surface area (Å²) < 4.78 is 10.4. The molecule has 0 aromatic carbocycles. The maximum Gasteiger partial charge on any atom is 0.374 e. The second-order valence-corrected chi connectivity index (χ2v) is 4.90. The molecule has 1 aromatic heterocycles. The van der Waals surface area contributed by atoms with Crippen molar-refractivity contribution >= 4 is 23.5 Å². The van der Waals surface area contributed by atoms with Gasteiger partial charge in [-0.1, -0.05) is 16.9 Å². The van der Waals surface area contributed by atoms with Gasteiger partial charge in [-0.3, -0.25) is 4.79 Å². The molecule has 0 amide bonds. The van der Waals surface area contributed by atoms with Crippen molar-refractivity contribution in [3.63, 3.8) is 0 Å². The Morgan fingerprint density at radius 2 is 2.40 bits per heavy atom. The van der Waals surface area contributed by atoms with Crippen molar-refractivity contribution < 1.29 is 18.7 Å². The highest BCUT2D eigenvalue weighted by atomic mass is 32.2. The zero-order valence-corrected chi connectivity index (χ0v) is 11.9. The normalized spacial score (nSPS) is 17.3. The molecule has 0 spiro atoms. The molecule has 0 radical (unpaired) electrons. The van der Waals surface area contributed by atoms with Gasteiger partial charge in [-0.15, -0.1) is 0 Å². The van der Waals surface area contributed by atoms with E-state index in [9.17, 15) is 9.59 Å². The molecule has 20 heavy (non-hydrogen) atoms. The molecule has 1 aliphatic rings. The zero-order valence-electron chi connectivity index (χ0n) is 11.1. The number of hydrogen-bond donors (Lipinski definition) is 0. The van der Waals surface area contributed by atoms with E-state index >= 15 is 0 Å². The number of thioether (sulfide) groups is 1. The minimum Gasteiger partial charge on any atom is -0.460 e. The van der Waals surface area contributed by atoms with Crippen molar-refractivity contribution in [2.75, 3.05) is 12.9 Å². The molecule has 2 rings (SSSR count). The van der Waals surface area contributed by atoms with Crippen molar-refractivity contribution in [2.45, 2.75) is 30.9 Å². The van der Waals surface area contributed by atoms with Gasteiger partial charge in [0.15, 0.2) is 10.9 Å². The molecule has 0 N–H and O–H groups in total. The minimum absolute atomic E-state index is 0.0823. The zero-order chi connectivity index (χ0) is 14.7. The second-order valence-electron chi connectivity index (χ2n) is 4.12. The fourth-order valence-corrected chi connectivity index (χ4v) is 2.78. The monoisotopic (exact) mass is 295 g/mol. The number of esters is 1. The Hall–Kier alpha value is -1.92. The summed E-state index contributed by atoms with van der Waals surface area (Å²) in [5.41, 5.74) is 9.39. The van der Waals surface area contributed by atoms with Crippen molar-refractivity contribution in [1.29, 1.82) is 0 Å². The van der Waals surface area contributed by atoms with Crippen molar-refractivity contribution in [3.8, 4) is 0 Å². The summed E-state index contributed by atoms with van der Waals surface area (Å²) >= 11 is 1.23. The molecule has 7 nitrogen and oxygen atoms in total. The van der Waals surface area contributed by atoms with Crippen LogP contribution in [0.4, 0.5) is 0 Å². The van der Waals surface area contributed by atoms with Crippen LogP contribution in [0.25, 0.3) is 10.4 Å². The molecule has 1 aliphatic carbocycles. The number of carbonyl (C=O) groups is 2. The first-order valence-corrected chi connectivity index (χ1v) is 7.31. The lowest BCUT2D eigenvalue weighted by Crippen LogP contribution is -2.26. The van der Waals surface area contributed by atoms with Gasteiger partial charge in [0, 0.05) is 10.5 Å². The summed E-state index contributed by atoms with van der Waals surface area (Å²) in [6, 6.07) is -0.731. The molecule has 0 bridgehead atoms. The van der Waals surface area contributed by atoms with E-state index in [-0.39, 0.29) is 18.2 Å². The molecule has 1 atom stereocenters. The van der Waals surface area contributed by atoms with Gasteiger partial charge in [0.2, 0.25) is 5.76 Å². The SMILES string of the molecule is CCOC(=O)c1oc(SC)c2c1CCC(N=[N+]=[N-])C2=O. The van der Waals surface area contributed by atoms with Crippen LogP contribution in [0, 0.1) is 0 Å². The highest BCUT2D eigenvalue weighted by Crippen LogP contribution is 2.36. The molecule has 0 saturated heterocycles. The van der Waals surface area contributed by atoms with Gasteiger partial charge in [-0.2, -0.15) is 0 Å². The summed E-state index contributed by atoms with van der Waals surface area (Å²) in [6.07, 6.45) is 2.57. The molecular formula is C12H13N3O4S. The third-order valence-corrected chi connectivity index (χ3v) is 3.69. The maximum atomic E-state index is 12.3. The first kappa shape index (κ1) is 14.5. The van der Waals surface area contributed by atoms with Crippen LogP contribution in [0.3, 0.4) is 0 Å². The Labute approximate surface area is 119 Å². The Bertz CT molecular complexity index is 604. The number of Topliss-reactive ketones (excluding diaryl/α,β-unsaturated/α-hetero) is 1. The number of ketones is 1. The number of ether oxygens (including phenoxy) is 1. The molecular weight excluding hydrogens is 282 g/mol. The predicted molar refractivity (Wildman–Crippen MR) is 72.0 cm³/mol. The van der Waals surface area contributed by atoms with Crippen LogP contribution in [-0.2, 0) is 11.2 Å². The first-order valence-electron chi connectivity index (χ1n) is 6.09. The maximum absolute atomic E-state index is 12.3. The Balaban J connectivity index is 2.48. The topological polar surface area (TPSA) is 105 Å².